The summed E-state index contributed by atoms with van der Waals surface area (Å²) in [6.45, 7) is 1.19. The Hall–Kier alpha value is -3.11. The van der Waals surface area contributed by atoms with E-state index in [1.54, 1.807) is 24.8 Å². The summed E-state index contributed by atoms with van der Waals surface area (Å²) >= 11 is 0. The molecule has 1 aromatic carbocycles. The van der Waals surface area contributed by atoms with E-state index in [1.807, 2.05) is 48.5 Å². The van der Waals surface area contributed by atoms with Crippen LogP contribution in [-0.2, 0) is 21.1 Å². The number of hydrogen-bond donors (Lipinski definition) is 2. The van der Waals surface area contributed by atoms with E-state index in [9.17, 15) is 50.4 Å². The molecule has 8 nitrogen and oxygen atoms in total. The van der Waals surface area contributed by atoms with Crippen LogP contribution in [0.1, 0.15) is 0 Å². The van der Waals surface area contributed by atoms with Crippen LogP contribution in [0, 0.1) is 0 Å². The molecule has 0 aliphatic carbocycles. The summed E-state index contributed by atoms with van der Waals surface area (Å²) in [5, 5.41) is 2.28. The van der Waals surface area contributed by atoms with Crippen LogP contribution in [-0.4, -0.2) is 44.0 Å². The minimum absolute atomic E-state index is 0. The van der Waals surface area contributed by atoms with Crippen molar-refractivity contribution in [2.75, 3.05) is 13.1 Å². The summed E-state index contributed by atoms with van der Waals surface area (Å²) < 4.78 is 118. The number of pyridine rings is 4. The standard InChI is InChI=1S/C12H8N2.C10H8N2.C2H8N2.2F6P.2H2O.Pt/c1-3-9-5-6-10-4-2-8-14-12(10)11(9)13-7-1;1-3-7-11-9(5-1)10-6-2-4-8-12-10;3-1-2-4;2*1-7(2,3,4,5)6;;;/h1-8H;1-8H;1-4H2;;;2*1H2;/q;;;2*-1;;;+4. The van der Waals surface area contributed by atoms with Crippen LogP contribution in [0.3, 0.4) is 0 Å². The molecule has 5 rings (SSSR count). The molecular formula is C24H28F12N6O2P2Pt+2. The van der Waals surface area contributed by atoms with E-state index in [2.05, 4.69) is 44.2 Å². The predicted molar refractivity (Wildman–Crippen MR) is 157 cm³/mol. The molecule has 4 heterocycles. The van der Waals surface area contributed by atoms with Crippen LogP contribution in [0.2, 0.25) is 0 Å². The van der Waals surface area contributed by atoms with E-state index in [0.29, 0.717) is 13.1 Å². The number of nitrogens with two attached hydrogens (primary N) is 2. The van der Waals surface area contributed by atoms with Crippen LogP contribution in [0.4, 0.5) is 50.4 Å². The maximum absolute atomic E-state index is 10.7. The van der Waals surface area contributed by atoms with Crippen molar-refractivity contribution in [2.24, 2.45) is 11.5 Å². The number of fused-ring (bicyclic) bond motifs is 3. The molecule has 0 saturated carbocycles. The summed E-state index contributed by atoms with van der Waals surface area (Å²) in [7, 11) is -21.3. The summed E-state index contributed by atoms with van der Waals surface area (Å²) in [6.07, 6.45) is 7.14. The second-order valence-electron chi connectivity index (χ2n) is 8.14. The molecular weight excluding hydrogens is 889 g/mol. The smallest absolute Gasteiger partial charge is 0.412 e. The van der Waals surface area contributed by atoms with E-state index >= 15 is 0 Å². The van der Waals surface area contributed by atoms with Crippen molar-refractivity contribution in [3.63, 3.8) is 0 Å². The van der Waals surface area contributed by atoms with Crippen LogP contribution in [0.15, 0.2) is 97.6 Å². The molecule has 0 spiro atoms. The molecule has 0 aliphatic heterocycles. The van der Waals surface area contributed by atoms with Gasteiger partial charge in [0.15, 0.2) is 0 Å². The van der Waals surface area contributed by atoms with Crippen molar-refractivity contribution in [2.45, 2.75) is 0 Å². The molecule has 0 fully saturated rings. The zero-order valence-corrected chi connectivity index (χ0v) is 27.4. The Kier molecular flexibility index (Phi) is 17.3. The summed E-state index contributed by atoms with van der Waals surface area (Å²) in [5.74, 6) is 0. The predicted octanol–water partition coefficient (Wildman–Crippen LogP) is 8.94. The van der Waals surface area contributed by atoms with Crippen LogP contribution in [0.5, 0.6) is 0 Å². The minimum Gasteiger partial charge on any atom is -0.412 e. The second kappa shape index (κ2) is 16.8. The molecule has 268 valence electrons. The molecule has 47 heavy (non-hydrogen) atoms. The van der Waals surface area contributed by atoms with E-state index in [4.69, 9.17) is 11.5 Å². The van der Waals surface area contributed by atoms with Crippen molar-refractivity contribution in [1.82, 2.24) is 19.9 Å². The maximum Gasteiger partial charge on any atom is 4.00 e. The van der Waals surface area contributed by atoms with Gasteiger partial charge in [-0.1, -0.05) is 36.4 Å². The largest absolute Gasteiger partial charge is 4.00 e. The third kappa shape index (κ3) is 30.0. The fourth-order valence-electron chi connectivity index (χ4n) is 2.71. The first kappa shape index (κ1) is 48.3. The zero-order valence-electron chi connectivity index (χ0n) is 23.3. The number of nitrogens with zero attached hydrogens (tertiary/aromatic N) is 4. The Morgan fingerprint density at radius 1 is 0.426 bits per heavy atom. The summed E-state index contributed by atoms with van der Waals surface area (Å²) in [6, 6.07) is 23.7. The van der Waals surface area contributed by atoms with Crippen molar-refractivity contribution < 1.29 is 82.4 Å². The Balaban J connectivity index is -0.000000539. The average Bonchev–Trinajstić information content (AvgIpc) is 2.91. The molecule has 0 saturated heterocycles. The van der Waals surface area contributed by atoms with Crippen molar-refractivity contribution in [3.05, 3.63) is 97.6 Å². The molecule has 0 unspecified atom stereocenters. The monoisotopic (exact) mass is 917 g/mol. The first-order valence-corrected chi connectivity index (χ1v) is 15.7. The van der Waals surface area contributed by atoms with Gasteiger partial charge in [0.25, 0.3) is 0 Å². The van der Waals surface area contributed by atoms with Crippen LogP contribution in [0.25, 0.3) is 33.2 Å². The van der Waals surface area contributed by atoms with E-state index in [0.717, 1.165) is 33.2 Å². The maximum atomic E-state index is 9.87. The van der Waals surface area contributed by atoms with Crippen molar-refractivity contribution in [3.8, 4) is 11.4 Å². The van der Waals surface area contributed by atoms with Gasteiger partial charge in [-0.3, -0.25) is 19.9 Å². The summed E-state index contributed by atoms with van der Waals surface area (Å²) in [4.78, 5) is 17.1. The topological polar surface area (TPSA) is 167 Å². The number of benzene rings is 1. The van der Waals surface area contributed by atoms with Gasteiger partial charge in [-0.2, -0.15) is 0 Å². The quantitative estimate of drug-likeness (QED) is 0.102. The number of aromatic nitrogens is 4. The molecule has 4 aromatic heterocycles. The fraction of sp³-hybridized carbons (Fsp3) is 0.0833. The SMILES string of the molecule is F[P-](F)(F)(F)(F)F.F[P-](F)(F)(F)(F)F.NCCN.O.O.[Pt+4].c1ccc(-c2ccccn2)nc1.c1cnc2c(c1)ccc1cccnc12. The Morgan fingerprint density at radius 3 is 0.936 bits per heavy atom. The molecule has 23 heteroatoms. The second-order valence-corrected chi connectivity index (χ2v) is 12.0. The third-order valence-electron chi connectivity index (χ3n) is 4.10. The van der Waals surface area contributed by atoms with Gasteiger partial charge < -0.3 is 22.4 Å². The van der Waals surface area contributed by atoms with Crippen molar-refractivity contribution in [1.29, 1.82) is 0 Å². The van der Waals surface area contributed by atoms with Gasteiger partial charge in [-0.15, -0.1) is 0 Å². The molecule has 0 aliphatic rings. The molecule has 0 amide bonds. The number of hydrogen-bond acceptors (Lipinski definition) is 6. The molecule has 0 bridgehead atoms. The van der Waals surface area contributed by atoms with Gasteiger partial charge in [0.2, 0.25) is 0 Å². The third-order valence-corrected chi connectivity index (χ3v) is 4.10. The average molecular weight is 918 g/mol. The van der Waals surface area contributed by atoms with E-state index < -0.39 is 15.6 Å². The van der Waals surface area contributed by atoms with Crippen LogP contribution < -0.4 is 11.5 Å². The Labute approximate surface area is 273 Å². The zero-order chi connectivity index (χ0) is 33.8. The van der Waals surface area contributed by atoms with E-state index in [1.165, 1.54) is 0 Å². The molecule has 0 radical (unpaired) electrons. The Morgan fingerprint density at radius 2 is 0.702 bits per heavy atom. The van der Waals surface area contributed by atoms with Gasteiger partial charge in [-0.25, -0.2) is 0 Å². The molecule has 5 aromatic rings. The van der Waals surface area contributed by atoms with Gasteiger partial charge >= 0.3 is 87.0 Å². The van der Waals surface area contributed by atoms with E-state index in [-0.39, 0.29) is 32.0 Å². The van der Waals surface area contributed by atoms with Crippen LogP contribution >= 0.6 is 15.6 Å². The van der Waals surface area contributed by atoms with Gasteiger partial charge in [0, 0.05) is 48.6 Å². The number of halogens is 12. The van der Waals surface area contributed by atoms with Gasteiger partial charge in [0.05, 0.1) is 22.4 Å². The molecule has 8 N–H and O–H groups in total. The van der Waals surface area contributed by atoms with Gasteiger partial charge in [-0.05, 0) is 36.4 Å². The first-order valence-electron chi connectivity index (χ1n) is 11.7. The normalized spacial score (nSPS) is 13.2. The summed E-state index contributed by atoms with van der Waals surface area (Å²) in [5.41, 5.74) is 13.6. The number of rotatable bonds is 2. The Bertz CT molecular complexity index is 1480. The fourth-order valence-corrected chi connectivity index (χ4v) is 2.71. The first-order chi connectivity index (χ1) is 19.7. The molecule has 0 atom stereocenters. The van der Waals surface area contributed by atoms with Gasteiger partial charge in [0.1, 0.15) is 0 Å². The van der Waals surface area contributed by atoms with Crippen molar-refractivity contribution >= 4 is 37.4 Å². The minimum atomic E-state index is -10.7.